The van der Waals surface area contributed by atoms with E-state index in [4.69, 9.17) is 9.47 Å². The molecule has 2 N–H and O–H groups in total. The highest BCUT2D eigenvalue weighted by molar-refractivity contribution is 5.83. The molecule has 0 saturated carbocycles. The largest absolute Gasteiger partial charge is 0.482 e. The van der Waals surface area contributed by atoms with Crippen molar-refractivity contribution in [2.75, 3.05) is 19.8 Å². The van der Waals surface area contributed by atoms with Crippen molar-refractivity contribution in [3.63, 3.8) is 0 Å². The molecule has 1 heterocycles. The van der Waals surface area contributed by atoms with Crippen LogP contribution in [0.2, 0.25) is 0 Å². The van der Waals surface area contributed by atoms with Gasteiger partial charge in [0.2, 0.25) is 0 Å². The molecule has 3 aromatic rings. The monoisotopic (exact) mass is 370 g/mol. The third-order valence-electron chi connectivity index (χ3n) is 3.93. The van der Waals surface area contributed by atoms with E-state index in [-0.39, 0.29) is 19.1 Å². The zero-order valence-electron chi connectivity index (χ0n) is 14.5. The Morgan fingerprint density at radius 2 is 1.81 bits per heavy atom. The van der Waals surface area contributed by atoms with Crippen LogP contribution in [-0.4, -0.2) is 36.6 Å². The van der Waals surface area contributed by atoms with Crippen LogP contribution < -0.4 is 10.1 Å². The summed E-state index contributed by atoms with van der Waals surface area (Å²) in [5.74, 6) is -1.11. The highest BCUT2D eigenvalue weighted by Crippen LogP contribution is 2.17. The van der Waals surface area contributed by atoms with Gasteiger partial charge in [-0.3, -0.25) is 4.79 Å². The van der Waals surface area contributed by atoms with Crippen LogP contribution in [0, 0.1) is 5.82 Å². The van der Waals surface area contributed by atoms with Crippen molar-refractivity contribution in [2.45, 2.75) is 6.42 Å². The lowest BCUT2D eigenvalue weighted by molar-refractivity contribution is -0.150. The molecule has 2 aromatic carbocycles. The van der Waals surface area contributed by atoms with E-state index in [0.29, 0.717) is 18.7 Å². The van der Waals surface area contributed by atoms with Gasteiger partial charge in [0.1, 0.15) is 11.6 Å². The SMILES string of the molecule is O=C(COC(=O)COc1ccc(F)cc1)NCCc1c[nH]c2ccccc12. The van der Waals surface area contributed by atoms with Crippen molar-refractivity contribution >= 4 is 22.8 Å². The van der Waals surface area contributed by atoms with Gasteiger partial charge >= 0.3 is 5.97 Å². The standard InChI is InChI=1S/C20H19FN2O4/c21-15-5-7-16(8-6-15)26-13-20(25)27-12-19(24)22-10-9-14-11-23-18-4-2-1-3-17(14)18/h1-8,11,23H,9-10,12-13H2,(H,22,24). The van der Waals surface area contributed by atoms with Gasteiger partial charge in [-0.2, -0.15) is 0 Å². The third kappa shape index (κ3) is 5.31. The lowest BCUT2D eigenvalue weighted by Crippen LogP contribution is -2.31. The molecular weight excluding hydrogens is 351 g/mol. The van der Waals surface area contributed by atoms with Crippen LogP contribution >= 0.6 is 0 Å². The van der Waals surface area contributed by atoms with E-state index in [2.05, 4.69) is 10.3 Å². The van der Waals surface area contributed by atoms with Gasteiger partial charge in [0.15, 0.2) is 13.2 Å². The van der Waals surface area contributed by atoms with Gasteiger partial charge in [-0.1, -0.05) is 18.2 Å². The van der Waals surface area contributed by atoms with E-state index in [1.54, 1.807) is 0 Å². The topological polar surface area (TPSA) is 80.4 Å². The Hall–Kier alpha value is -3.35. The van der Waals surface area contributed by atoms with E-state index in [1.165, 1.54) is 24.3 Å². The first-order chi connectivity index (χ1) is 13.1. The van der Waals surface area contributed by atoms with Gasteiger partial charge in [0, 0.05) is 23.6 Å². The van der Waals surface area contributed by atoms with Crippen molar-refractivity contribution in [1.82, 2.24) is 10.3 Å². The van der Waals surface area contributed by atoms with Crippen molar-refractivity contribution in [1.29, 1.82) is 0 Å². The number of rotatable bonds is 8. The van der Waals surface area contributed by atoms with Gasteiger partial charge in [-0.15, -0.1) is 0 Å². The first-order valence-electron chi connectivity index (χ1n) is 8.47. The summed E-state index contributed by atoms with van der Waals surface area (Å²) in [4.78, 5) is 26.5. The second kappa shape index (κ2) is 8.84. The Labute approximate surface area is 155 Å². The molecule has 7 heteroatoms. The highest BCUT2D eigenvalue weighted by atomic mass is 19.1. The molecule has 0 aliphatic carbocycles. The van der Waals surface area contributed by atoms with Crippen LogP contribution in [0.3, 0.4) is 0 Å². The molecule has 0 saturated heterocycles. The van der Waals surface area contributed by atoms with Crippen molar-refractivity contribution in [2.24, 2.45) is 0 Å². The van der Waals surface area contributed by atoms with E-state index in [9.17, 15) is 14.0 Å². The number of aromatic amines is 1. The summed E-state index contributed by atoms with van der Waals surface area (Å²) in [7, 11) is 0. The number of benzene rings is 2. The number of fused-ring (bicyclic) bond motifs is 1. The maximum Gasteiger partial charge on any atom is 0.344 e. The number of amides is 1. The number of aromatic nitrogens is 1. The minimum absolute atomic E-state index is 0.344. The fraction of sp³-hybridized carbons (Fsp3) is 0.200. The number of nitrogens with one attached hydrogen (secondary N) is 2. The van der Waals surface area contributed by atoms with Crippen molar-refractivity contribution in [3.8, 4) is 5.75 Å². The molecule has 0 aliphatic heterocycles. The van der Waals surface area contributed by atoms with Crippen molar-refractivity contribution < 1.29 is 23.5 Å². The molecule has 27 heavy (non-hydrogen) atoms. The predicted octanol–water partition coefficient (Wildman–Crippen LogP) is 2.59. The predicted molar refractivity (Wildman–Crippen MR) is 97.9 cm³/mol. The van der Waals surface area contributed by atoms with Crippen molar-refractivity contribution in [3.05, 3.63) is 66.1 Å². The minimum Gasteiger partial charge on any atom is -0.482 e. The first-order valence-corrected chi connectivity index (χ1v) is 8.47. The molecule has 0 atom stereocenters. The second-order valence-corrected chi connectivity index (χ2v) is 5.86. The number of hydrogen-bond donors (Lipinski definition) is 2. The average Bonchev–Trinajstić information content (AvgIpc) is 3.09. The van der Waals surface area contributed by atoms with Crippen LogP contribution in [0.15, 0.2) is 54.7 Å². The normalized spacial score (nSPS) is 10.6. The molecule has 1 amide bonds. The van der Waals surface area contributed by atoms with Gasteiger partial charge in [-0.05, 0) is 42.3 Å². The maximum atomic E-state index is 12.8. The molecular formula is C20H19FN2O4. The van der Waals surface area contributed by atoms with Gasteiger partial charge in [0.05, 0.1) is 0 Å². The summed E-state index contributed by atoms with van der Waals surface area (Å²) in [6.07, 6.45) is 2.58. The molecule has 140 valence electrons. The summed E-state index contributed by atoms with van der Waals surface area (Å²) in [5.41, 5.74) is 2.16. The van der Waals surface area contributed by atoms with Gasteiger partial charge < -0.3 is 19.8 Å². The summed E-state index contributed by atoms with van der Waals surface area (Å²) < 4.78 is 22.8. The second-order valence-electron chi connectivity index (χ2n) is 5.86. The molecule has 1 aromatic heterocycles. The average molecular weight is 370 g/mol. The number of carbonyl (C=O) groups excluding carboxylic acids is 2. The molecule has 0 unspecified atom stereocenters. The maximum absolute atomic E-state index is 12.8. The molecule has 0 bridgehead atoms. The first kappa shape index (κ1) is 18.4. The lowest BCUT2D eigenvalue weighted by Gasteiger charge is -2.08. The van der Waals surface area contributed by atoms with E-state index >= 15 is 0 Å². The Kier molecular flexibility index (Phi) is 6.04. The summed E-state index contributed by atoms with van der Waals surface area (Å²) >= 11 is 0. The number of ether oxygens (including phenoxy) is 2. The number of halogens is 1. The lowest BCUT2D eigenvalue weighted by atomic mass is 10.1. The smallest absolute Gasteiger partial charge is 0.344 e. The van der Waals surface area contributed by atoms with Crippen LogP contribution in [0.4, 0.5) is 4.39 Å². The quantitative estimate of drug-likeness (QED) is 0.597. The Morgan fingerprint density at radius 3 is 2.63 bits per heavy atom. The van der Waals surface area contributed by atoms with Crippen LogP contribution in [0.1, 0.15) is 5.56 Å². The van der Waals surface area contributed by atoms with E-state index < -0.39 is 11.8 Å². The molecule has 0 radical (unpaired) electrons. The molecule has 0 spiro atoms. The number of H-pyrrole nitrogens is 1. The summed E-state index contributed by atoms with van der Waals surface area (Å²) in [6.45, 7) is -0.294. The van der Waals surface area contributed by atoms with Crippen LogP contribution in [0.25, 0.3) is 10.9 Å². The minimum atomic E-state index is -0.675. The Morgan fingerprint density at radius 1 is 1.04 bits per heavy atom. The fourth-order valence-corrected chi connectivity index (χ4v) is 2.59. The van der Waals surface area contributed by atoms with E-state index in [1.807, 2.05) is 30.5 Å². The number of carbonyl (C=O) groups is 2. The Balaban J connectivity index is 1.34. The van der Waals surface area contributed by atoms with E-state index in [0.717, 1.165) is 16.5 Å². The van der Waals surface area contributed by atoms with Gasteiger partial charge in [0.25, 0.3) is 5.91 Å². The molecule has 6 nitrogen and oxygen atoms in total. The number of para-hydroxylation sites is 1. The summed E-state index contributed by atoms with van der Waals surface area (Å²) in [5, 5.41) is 3.83. The van der Waals surface area contributed by atoms with Crippen LogP contribution in [0.5, 0.6) is 5.75 Å². The molecule has 0 fully saturated rings. The van der Waals surface area contributed by atoms with Crippen LogP contribution in [-0.2, 0) is 20.7 Å². The highest BCUT2D eigenvalue weighted by Gasteiger charge is 2.09. The molecule has 0 aliphatic rings. The fourth-order valence-electron chi connectivity index (χ4n) is 2.59. The Bertz CT molecular complexity index is 921. The third-order valence-corrected chi connectivity index (χ3v) is 3.93. The summed E-state index contributed by atoms with van der Waals surface area (Å²) in [6, 6.07) is 13.2. The zero-order valence-corrected chi connectivity index (χ0v) is 14.5. The molecule has 3 rings (SSSR count). The number of hydrogen-bond acceptors (Lipinski definition) is 4. The van der Waals surface area contributed by atoms with Gasteiger partial charge in [-0.25, -0.2) is 9.18 Å². The number of esters is 1. The zero-order chi connectivity index (χ0) is 19.1.